The molecule has 0 heterocycles. The molecule has 2 unspecified atom stereocenters. The van der Waals surface area contributed by atoms with Crippen molar-refractivity contribution in [2.24, 2.45) is 11.3 Å². The zero-order valence-electron chi connectivity index (χ0n) is 5.20. The fourth-order valence-electron chi connectivity index (χ4n) is 1.47. The summed E-state index contributed by atoms with van der Waals surface area (Å²) in [4.78, 5) is 21.3. The van der Waals surface area contributed by atoms with Crippen LogP contribution in [0.5, 0.6) is 0 Å². The molecule has 0 spiro atoms. The average Bonchev–Trinajstić information content (AvgIpc) is 2.52. The van der Waals surface area contributed by atoms with E-state index in [9.17, 15) is 9.59 Å². The molecule has 0 aromatic heterocycles. The largest absolute Gasteiger partial charge is 0.481 e. The van der Waals surface area contributed by atoms with Crippen molar-refractivity contribution in [3.8, 4) is 0 Å². The Bertz CT molecular complexity index is 254. The van der Waals surface area contributed by atoms with Crippen molar-refractivity contribution in [2.45, 2.75) is 6.42 Å². The Balaban J connectivity index is 2.35. The van der Waals surface area contributed by atoms with Gasteiger partial charge < -0.3 is 5.11 Å². The monoisotopic (exact) mass is 138 g/mol. The lowest BCUT2D eigenvalue weighted by molar-refractivity contribution is -0.142. The van der Waals surface area contributed by atoms with Crippen LogP contribution in [0.4, 0.5) is 0 Å². The third kappa shape index (κ3) is 0.417. The molecule has 52 valence electrons. The van der Waals surface area contributed by atoms with Crippen LogP contribution in [0, 0.1) is 11.3 Å². The molecule has 3 nitrogen and oxygen atoms in total. The van der Waals surface area contributed by atoms with Crippen LogP contribution in [-0.2, 0) is 9.59 Å². The van der Waals surface area contributed by atoms with Gasteiger partial charge in [0.2, 0.25) is 0 Å². The van der Waals surface area contributed by atoms with E-state index in [0.717, 1.165) is 0 Å². The molecular formula is C7H6O3. The molecule has 0 aromatic carbocycles. The Morgan fingerprint density at radius 3 is 2.70 bits per heavy atom. The van der Waals surface area contributed by atoms with Crippen molar-refractivity contribution < 1.29 is 14.7 Å². The van der Waals surface area contributed by atoms with E-state index in [-0.39, 0.29) is 11.7 Å². The van der Waals surface area contributed by atoms with Gasteiger partial charge in [-0.15, -0.1) is 0 Å². The lowest BCUT2D eigenvalue weighted by atomic mass is 10.1. The van der Waals surface area contributed by atoms with Crippen LogP contribution in [0.15, 0.2) is 12.2 Å². The Morgan fingerprint density at radius 2 is 2.50 bits per heavy atom. The first kappa shape index (κ1) is 5.65. The topological polar surface area (TPSA) is 54.4 Å². The molecule has 1 saturated carbocycles. The fraction of sp³-hybridized carbons (Fsp3) is 0.429. The number of fused-ring (bicyclic) bond motifs is 1. The highest BCUT2D eigenvalue weighted by atomic mass is 16.4. The van der Waals surface area contributed by atoms with Crippen molar-refractivity contribution in [3.63, 3.8) is 0 Å². The second-order valence-electron chi connectivity index (χ2n) is 2.84. The summed E-state index contributed by atoms with van der Waals surface area (Å²) in [6.45, 7) is 0. The Hall–Kier alpha value is -1.12. The smallest absolute Gasteiger partial charge is 0.314 e. The van der Waals surface area contributed by atoms with Crippen LogP contribution in [-0.4, -0.2) is 16.9 Å². The molecule has 0 radical (unpaired) electrons. The molecule has 0 amide bonds. The number of carbonyl (C=O) groups is 2. The van der Waals surface area contributed by atoms with E-state index in [2.05, 4.69) is 0 Å². The minimum atomic E-state index is -0.861. The minimum Gasteiger partial charge on any atom is -0.481 e. The maximum Gasteiger partial charge on any atom is 0.314 e. The van der Waals surface area contributed by atoms with E-state index >= 15 is 0 Å². The van der Waals surface area contributed by atoms with Crippen LogP contribution in [0.2, 0.25) is 0 Å². The summed E-state index contributed by atoms with van der Waals surface area (Å²) in [6.07, 6.45) is 3.41. The summed E-state index contributed by atoms with van der Waals surface area (Å²) < 4.78 is 0. The zero-order valence-corrected chi connectivity index (χ0v) is 5.20. The van der Waals surface area contributed by atoms with E-state index < -0.39 is 11.4 Å². The number of hydrogen-bond acceptors (Lipinski definition) is 2. The van der Waals surface area contributed by atoms with Gasteiger partial charge in [0.05, 0.1) is 5.41 Å². The maximum atomic E-state index is 10.8. The van der Waals surface area contributed by atoms with Gasteiger partial charge in [-0.1, -0.05) is 6.08 Å². The molecule has 0 bridgehead atoms. The lowest BCUT2D eigenvalue weighted by Crippen LogP contribution is -2.13. The third-order valence-corrected chi connectivity index (χ3v) is 2.29. The molecule has 10 heavy (non-hydrogen) atoms. The quantitative estimate of drug-likeness (QED) is 0.563. The van der Waals surface area contributed by atoms with Gasteiger partial charge in [0.1, 0.15) is 0 Å². The molecule has 1 fully saturated rings. The van der Waals surface area contributed by atoms with Crippen LogP contribution in [0.25, 0.3) is 0 Å². The first-order chi connectivity index (χ1) is 4.67. The van der Waals surface area contributed by atoms with Crippen molar-refractivity contribution in [1.82, 2.24) is 0 Å². The van der Waals surface area contributed by atoms with Gasteiger partial charge in [-0.3, -0.25) is 9.59 Å². The summed E-state index contributed by atoms with van der Waals surface area (Å²) in [7, 11) is 0. The summed E-state index contributed by atoms with van der Waals surface area (Å²) in [5, 5.41) is 8.63. The van der Waals surface area contributed by atoms with E-state index in [4.69, 9.17) is 5.11 Å². The number of allylic oxidation sites excluding steroid dienone is 1. The van der Waals surface area contributed by atoms with Crippen LogP contribution >= 0.6 is 0 Å². The highest BCUT2D eigenvalue weighted by molar-refractivity contribution is 6.05. The van der Waals surface area contributed by atoms with Gasteiger partial charge in [0.15, 0.2) is 5.78 Å². The van der Waals surface area contributed by atoms with E-state index in [1.165, 1.54) is 12.2 Å². The van der Waals surface area contributed by atoms with E-state index in [1.807, 2.05) is 0 Å². The van der Waals surface area contributed by atoms with Gasteiger partial charge in [-0.25, -0.2) is 0 Å². The summed E-state index contributed by atoms with van der Waals surface area (Å²) in [5.41, 5.74) is -0.781. The minimum absolute atomic E-state index is 0.0256. The first-order valence-corrected chi connectivity index (χ1v) is 3.13. The molecule has 1 N–H and O–H groups in total. The molecule has 0 saturated heterocycles. The highest BCUT2D eigenvalue weighted by Gasteiger charge is 2.64. The van der Waals surface area contributed by atoms with Crippen molar-refractivity contribution >= 4 is 11.8 Å². The molecule has 2 aliphatic rings. The number of rotatable bonds is 1. The molecule has 2 rings (SSSR count). The highest BCUT2D eigenvalue weighted by Crippen LogP contribution is 2.58. The lowest BCUT2D eigenvalue weighted by Gasteiger charge is -1.96. The van der Waals surface area contributed by atoms with E-state index in [0.29, 0.717) is 6.42 Å². The normalized spacial score (nSPS) is 41.6. The molecule has 2 atom stereocenters. The Labute approximate surface area is 57.3 Å². The number of carboxylic acids is 1. The predicted molar refractivity (Wildman–Crippen MR) is 32.3 cm³/mol. The van der Waals surface area contributed by atoms with Crippen LogP contribution in [0.3, 0.4) is 0 Å². The van der Waals surface area contributed by atoms with Crippen LogP contribution in [0.1, 0.15) is 6.42 Å². The van der Waals surface area contributed by atoms with Gasteiger partial charge in [0.25, 0.3) is 0 Å². The molecule has 0 aliphatic heterocycles. The Kier molecular flexibility index (Phi) is 0.739. The Morgan fingerprint density at radius 1 is 1.80 bits per heavy atom. The van der Waals surface area contributed by atoms with E-state index in [1.54, 1.807) is 0 Å². The summed E-state index contributed by atoms with van der Waals surface area (Å²) in [6, 6.07) is 0. The SMILES string of the molecule is O=C1C=CC2(C(=O)O)CC12. The van der Waals surface area contributed by atoms with Gasteiger partial charge in [-0.05, 0) is 12.5 Å². The van der Waals surface area contributed by atoms with Crippen molar-refractivity contribution in [2.75, 3.05) is 0 Å². The third-order valence-electron chi connectivity index (χ3n) is 2.29. The van der Waals surface area contributed by atoms with Gasteiger partial charge in [0, 0.05) is 5.92 Å². The zero-order chi connectivity index (χ0) is 7.35. The molecule has 0 aromatic rings. The molecular weight excluding hydrogens is 132 g/mol. The number of hydrogen-bond donors (Lipinski definition) is 1. The fourth-order valence-corrected chi connectivity index (χ4v) is 1.47. The van der Waals surface area contributed by atoms with Crippen molar-refractivity contribution in [3.05, 3.63) is 12.2 Å². The second kappa shape index (κ2) is 1.31. The first-order valence-electron chi connectivity index (χ1n) is 3.13. The molecule has 2 aliphatic carbocycles. The van der Waals surface area contributed by atoms with Gasteiger partial charge in [-0.2, -0.15) is 0 Å². The number of carbonyl (C=O) groups excluding carboxylic acids is 1. The average molecular weight is 138 g/mol. The number of aliphatic carboxylic acids is 1. The second-order valence-corrected chi connectivity index (χ2v) is 2.84. The maximum absolute atomic E-state index is 10.8. The number of carboxylic acid groups (broad SMARTS) is 1. The van der Waals surface area contributed by atoms with Crippen molar-refractivity contribution in [1.29, 1.82) is 0 Å². The predicted octanol–water partition coefficient (Wildman–Crippen LogP) is 0.216. The molecule has 3 heteroatoms. The van der Waals surface area contributed by atoms with Gasteiger partial charge >= 0.3 is 5.97 Å². The summed E-state index contributed by atoms with van der Waals surface area (Å²) >= 11 is 0. The number of ketones is 1. The summed E-state index contributed by atoms with van der Waals surface area (Å²) in [5.74, 6) is -1.12. The van der Waals surface area contributed by atoms with Crippen LogP contribution < -0.4 is 0 Å². The standard InChI is InChI=1S/C7H6O3/c8-5-1-2-7(6(9)10)3-4(5)7/h1-2,4H,3H2,(H,9,10).